The maximum atomic E-state index is 13.4. The van der Waals surface area contributed by atoms with E-state index in [2.05, 4.69) is 0 Å². The first-order valence-electron chi connectivity index (χ1n) is 13.4. The lowest BCUT2D eigenvalue weighted by atomic mass is 10.1. The summed E-state index contributed by atoms with van der Waals surface area (Å²) in [6.07, 6.45) is 5.86. The predicted octanol–water partition coefficient (Wildman–Crippen LogP) is 5.21. The van der Waals surface area contributed by atoms with E-state index in [-0.39, 0.29) is 30.6 Å². The molecule has 200 valence electrons. The Bertz CT molecular complexity index is 1030. The molecule has 0 spiro atoms. The van der Waals surface area contributed by atoms with Gasteiger partial charge in [0, 0.05) is 24.7 Å². The van der Waals surface area contributed by atoms with E-state index in [0.29, 0.717) is 48.3 Å². The van der Waals surface area contributed by atoms with Crippen LogP contribution in [0.2, 0.25) is 5.02 Å². The van der Waals surface area contributed by atoms with Crippen molar-refractivity contribution in [1.82, 2.24) is 9.80 Å². The van der Waals surface area contributed by atoms with Gasteiger partial charge in [0.2, 0.25) is 0 Å². The van der Waals surface area contributed by atoms with Gasteiger partial charge < -0.3 is 24.0 Å². The van der Waals surface area contributed by atoms with Crippen LogP contribution in [0, 0.1) is 0 Å². The van der Waals surface area contributed by atoms with Crippen molar-refractivity contribution in [2.45, 2.75) is 57.7 Å². The summed E-state index contributed by atoms with van der Waals surface area (Å²) in [5, 5.41) is 0.612. The van der Waals surface area contributed by atoms with Crippen LogP contribution in [-0.4, -0.2) is 73.2 Å². The van der Waals surface area contributed by atoms with Gasteiger partial charge in [-0.1, -0.05) is 49.4 Å². The van der Waals surface area contributed by atoms with Crippen molar-refractivity contribution in [2.24, 2.45) is 0 Å². The zero-order valence-electron chi connectivity index (χ0n) is 21.6. The molecule has 0 aliphatic carbocycles. The lowest BCUT2D eigenvalue weighted by molar-refractivity contribution is -0.132. The normalized spacial score (nSPS) is 21.6. The van der Waals surface area contributed by atoms with Crippen LogP contribution in [-0.2, 0) is 9.53 Å². The second-order valence-electron chi connectivity index (χ2n) is 9.61. The summed E-state index contributed by atoms with van der Waals surface area (Å²) in [4.78, 5) is 30.0. The Balaban J connectivity index is 1.48. The van der Waals surface area contributed by atoms with Gasteiger partial charge in [-0.3, -0.25) is 9.59 Å². The van der Waals surface area contributed by atoms with Gasteiger partial charge in [-0.2, -0.15) is 0 Å². The zero-order chi connectivity index (χ0) is 26.0. The van der Waals surface area contributed by atoms with Crippen LogP contribution in [0.25, 0.3) is 0 Å². The molecule has 2 heterocycles. The Morgan fingerprint density at radius 3 is 2.46 bits per heavy atom. The minimum Gasteiger partial charge on any atom is -0.485 e. The van der Waals surface area contributed by atoms with Crippen LogP contribution in [0.1, 0.15) is 55.8 Å². The zero-order valence-corrected chi connectivity index (χ0v) is 22.3. The van der Waals surface area contributed by atoms with Crippen molar-refractivity contribution < 1.29 is 23.8 Å². The summed E-state index contributed by atoms with van der Waals surface area (Å²) in [7, 11) is 0. The van der Waals surface area contributed by atoms with Gasteiger partial charge in [-0.25, -0.2) is 0 Å². The topological polar surface area (TPSA) is 68.3 Å². The van der Waals surface area contributed by atoms with E-state index < -0.39 is 0 Å². The highest BCUT2D eigenvalue weighted by Gasteiger charge is 2.38. The number of hydrogen-bond acceptors (Lipinski definition) is 5. The molecule has 0 bridgehead atoms. The minimum atomic E-state index is -0.378. The first kappa shape index (κ1) is 27.3. The number of rotatable bonds is 4. The Morgan fingerprint density at radius 2 is 1.68 bits per heavy atom. The molecule has 0 saturated carbocycles. The average Bonchev–Trinajstić information content (AvgIpc) is 3.31. The summed E-state index contributed by atoms with van der Waals surface area (Å²) >= 11 is 5.93. The molecule has 2 atom stereocenters. The molecule has 8 heteroatoms. The highest BCUT2D eigenvalue weighted by molar-refractivity contribution is 6.30. The Kier molecular flexibility index (Phi) is 10.1. The molecule has 2 aromatic rings. The van der Waals surface area contributed by atoms with Crippen molar-refractivity contribution in [3.63, 3.8) is 0 Å². The van der Waals surface area contributed by atoms with E-state index in [9.17, 15) is 9.59 Å². The van der Waals surface area contributed by atoms with E-state index in [1.54, 1.807) is 29.2 Å². The van der Waals surface area contributed by atoms with Crippen LogP contribution < -0.4 is 9.47 Å². The molecule has 0 aromatic heterocycles. The molecular formula is C29H37ClN2O5. The summed E-state index contributed by atoms with van der Waals surface area (Å²) in [6.45, 7) is 4.74. The van der Waals surface area contributed by atoms with Crippen molar-refractivity contribution in [3.8, 4) is 11.5 Å². The number of para-hydroxylation sites is 1. The fourth-order valence-electron chi connectivity index (χ4n) is 4.82. The molecule has 7 nitrogen and oxygen atoms in total. The van der Waals surface area contributed by atoms with E-state index >= 15 is 0 Å². The quantitative estimate of drug-likeness (QED) is 0.545. The van der Waals surface area contributed by atoms with Crippen LogP contribution in [0.4, 0.5) is 0 Å². The van der Waals surface area contributed by atoms with Crippen molar-refractivity contribution >= 4 is 23.4 Å². The monoisotopic (exact) mass is 528 g/mol. The molecule has 1 fully saturated rings. The van der Waals surface area contributed by atoms with E-state index in [0.717, 1.165) is 45.1 Å². The number of amides is 2. The lowest BCUT2D eigenvalue weighted by Crippen LogP contribution is -2.35. The molecule has 4 rings (SSSR count). The second kappa shape index (κ2) is 13.7. The maximum Gasteiger partial charge on any atom is 0.260 e. The highest BCUT2D eigenvalue weighted by atomic mass is 35.5. The van der Waals surface area contributed by atoms with E-state index in [1.807, 2.05) is 36.1 Å². The fourth-order valence-corrected chi connectivity index (χ4v) is 4.94. The first-order valence-corrected chi connectivity index (χ1v) is 13.8. The second-order valence-corrected chi connectivity index (χ2v) is 10.0. The predicted molar refractivity (Wildman–Crippen MR) is 143 cm³/mol. The van der Waals surface area contributed by atoms with Gasteiger partial charge >= 0.3 is 0 Å². The van der Waals surface area contributed by atoms with Crippen LogP contribution in [0.5, 0.6) is 11.5 Å². The van der Waals surface area contributed by atoms with Gasteiger partial charge in [0.25, 0.3) is 11.8 Å². The third-order valence-electron chi connectivity index (χ3n) is 6.96. The van der Waals surface area contributed by atoms with Crippen molar-refractivity contribution in [2.75, 3.05) is 39.4 Å². The third kappa shape index (κ3) is 7.62. The van der Waals surface area contributed by atoms with Crippen molar-refractivity contribution in [1.29, 1.82) is 0 Å². The smallest absolute Gasteiger partial charge is 0.260 e. The lowest BCUT2D eigenvalue weighted by Gasteiger charge is -2.25. The maximum absolute atomic E-state index is 13.4. The number of fused-ring (bicyclic) bond motifs is 2. The summed E-state index contributed by atoms with van der Waals surface area (Å²) in [6, 6.07) is 14.3. The van der Waals surface area contributed by atoms with Gasteiger partial charge in [0.05, 0.1) is 18.7 Å². The third-order valence-corrected chi connectivity index (χ3v) is 7.22. The largest absolute Gasteiger partial charge is 0.485 e. The van der Waals surface area contributed by atoms with Gasteiger partial charge in [-0.05, 0) is 56.2 Å². The summed E-state index contributed by atoms with van der Waals surface area (Å²) in [5.74, 6) is 0.957. The van der Waals surface area contributed by atoms with E-state index in [1.165, 1.54) is 0 Å². The molecule has 0 N–H and O–H groups in total. The molecule has 37 heavy (non-hydrogen) atoms. The minimum absolute atomic E-state index is 0.0232. The number of hydrogen-bond donors (Lipinski definition) is 0. The van der Waals surface area contributed by atoms with Gasteiger partial charge in [0.15, 0.2) is 6.61 Å². The van der Waals surface area contributed by atoms with Crippen molar-refractivity contribution in [3.05, 3.63) is 59.1 Å². The molecule has 2 aromatic carbocycles. The number of ether oxygens (including phenoxy) is 3. The first-order chi connectivity index (χ1) is 18.0. The summed E-state index contributed by atoms with van der Waals surface area (Å²) in [5.41, 5.74) is 0.547. The molecule has 2 amide bonds. The van der Waals surface area contributed by atoms with Gasteiger partial charge in [-0.15, -0.1) is 0 Å². The van der Waals surface area contributed by atoms with Crippen LogP contribution >= 0.6 is 11.6 Å². The van der Waals surface area contributed by atoms with Crippen LogP contribution in [0.3, 0.4) is 0 Å². The molecule has 1 saturated heterocycles. The van der Waals surface area contributed by atoms with Crippen LogP contribution in [0.15, 0.2) is 48.5 Å². The molecule has 2 aliphatic rings. The SMILES string of the molecule is CCN1CCCCCCCCO[C@@H]2CN(C(=O)COc3ccc(Cl)cc3)C[C@H]2Oc2ccccc2C1=O. The fraction of sp³-hybridized carbons (Fsp3) is 0.517. The number of halogens is 1. The Hall–Kier alpha value is -2.77. The number of carbonyl (C=O) groups is 2. The standard InChI is InChI=1S/C29H37ClN2O5/c1-2-31-17-9-5-3-4-6-10-18-35-26-19-32(28(33)21-36-23-15-13-22(30)14-16-23)20-27(26)37-25-12-8-7-11-24(25)29(31)34/h7-8,11-16,26-27H,2-6,9-10,17-21H2,1H3/t26-,27-/m1/s1. The Morgan fingerprint density at radius 1 is 0.973 bits per heavy atom. The van der Waals surface area contributed by atoms with E-state index in [4.69, 9.17) is 25.8 Å². The summed E-state index contributed by atoms with van der Waals surface area (Å²) < 4.78 is 18.3. The average molecular weight is 529 g/mol. The number of benzene rings is 2. The molecule has 2 aliphatic heterocycles. The number of carbonyl (C=O) groups excluding carboxylic acids is 2. The Labute approximate surface area is 224 Å². The molecule has 0 unspecified atom stereocenters. The molecule has 0 radical (unpaired) electrons. The highest BCUT2D eigenvalue weighted by Crippen LogP contribution is 2.26. The molecular weight excluding hydrogens is 492 g/mol. The number of likely N-dealkylation sites (tertiary alicyclic amines) is 1. The van der Waals surface area contributed by atoms with Gasteiger partial charge in [0.1, 0.15) is 23.7 Å². The number of nitrogens with zero attached hydrogens (tertiary/aromatic N) is 2.